The Morgan fingerprint density at radius 1 is 1.45 bits per heavy atom. The maximum Gasteiger partial charge on any atom is 0.339 e. The summed E-state index contributed by atoms with van der Waals surface area (Å²) in [5.74, 6) is -0.409. The molecule has 0 saturated heterocycles. The number of hydrogen-bond acceptors (Lipinski definition) is 4. The second-order valence-corrected chi connectivity index (χ2v) is 5.52. The van der Waals surface area contributed by atoms with Crippen molar-refractivity contribution in [3.8, 4) is 0 Å². The summed E-state index contributed by atoms with van der Waals surface area (Å²) in [4.78, 5) is 15.6. The zero-order chi connectivity index (χ0) is 14.3. The van der Waals surface area contributed by atoms with Crippen LogP contribution in [-0.4, -0.2) is 31.9 Å². The SMILES string of the molecule is CC1CCCC1Nc1c(C(=O)O)cnc2c1cnn2C. The number of carboxylic acid groups (broad SMARTS) is 1. The van der Waals surface area contributed by atoms with E-state index in [2.05, 4.69) is 22.3 Å². The normalized spacial score (nSPS) is 22.3. The molecule has 106 valence electrons. The van der Waals surface area contributed by atoms with E-state index in [9.17, 15) is 9.90 Å². The molecule has 1 saturated carbocycles. The fraction of sp³-hybridized carbons (Fsp3) is 0.500. The third-order valence-electron chi connectivity index (χ3n) is 4.18. The molecule has 6 heteroatoms. The summed E-state index contributed by atoms with van der Waals surface area (Å²) >= 11 is 0. The second kappa shape index (κ2) is 4.77. The fourth-order valence-corrected chi connectivity index (χ4v) is 2.96. The first-order valence-electron chi connectivity index (χ1n) is 6.88. The van der Waals surface area contributed by atoms with E-state index in [1.165, 1.54) is 19.0 Å². The van der Waals surface area contributed by atoms with E-state index in [0.29, 0.717) is 23.3 Å². The number of hydrogen-bond donors (Lipinski definition) is 2. The number of carboxylic acids is 1. The molecule has 2 heterocycles. The number of aromatic nitrogens is 3. The lowest BCUT2D eigenvalue weighted by atomic mass is 10.0. The topological polar surface area (TPSA) is 80.0 Å². The number of pyridine rings is 1. The minimum Gasteiger partial charge on any atom is -0.478 e. The van der Waals surface area contributed by atoms with Gasteiger partial charge >= 0.3 is 5.97 Å². The van der Waals surface area contributed by atoms with Crippen molar-refractivity contribution >= 4 is 22.7 Å². The number of fused-ring (bicyclic) bond motifs is 1. The van der Waals surface area contributed by atoms with Crippen LogP contribution in [0.25, 0.3) is 11.0 Å². The summed E-state index contributed by atoms with van der Waals surface area (Å²) in [5, 5.41) is 17.7. The number of nitrogens with zero attached hydrogens (tertiary/aromatic N) is 3. The molecule has 2 N–H and O–H groups in total. The minimum atomic E-state index is -0.962. The van der Waals surface area contributed by atoms with Crippen LogP contribution in [0.3, 0.4) is 0 Å². The number of aromatic carboxylic acids is 1. The number of carbonyl (C=O) groups is 1. The smallest absolute Gasteiger partial charge is 0.339 e. The Balaban J connectivity index is 2.09. The summed E-state index contributed by atoms with van der Waals surface area (Å²) in [6.07, 6.45) is 6.53. The molecule has 6 nitrogen and oxygen atoms in total. The Bertz CT molecular complexity index is 664. The number of aryl methyl sites for hydroxylation is 1. The van der Waals surface area contributed by atoms with Crippen LogP contribution in [0.5, 0.6) is 0 Å². The Morgan fingerprint density at radius 3 is 2.90 bits per heavy atom. The minimum absolute atomic E-state index is 0.213. The van der Waals surface area contributed by atoms with Crippen molar-refractivity contribution in [2.24, 2.45) is 13.0 Å². The Morgan fingerprint density at radius 2 is 2.25 bits per heavy atom. The Labute approximate surface area is 116 Å². The van der Waals surface area contributed by atoms with Gasteiger partial charge in [0.2, 0.25) is 0 Å². The van der Waals surface area contributed by atoms with Crippen LogP contribution in [0.2, 0.25) is 0 Å². The maximum atomic E-state index is 11.4. The number of nitrogens with one attached hydrogen (secondary N) is 1. The highest BCUT2D eigenvalue weighted by Gasteiger charge is 2.26. The van der Waals surface area contributed by atoms with Crippen LogP contribution >= 0.6 is 0 Å². The lowest BCUT2D eigenvalue weighted by Gasteiger charge is -2.20. The van der Waals surface area contributed by atoms with Gasteiger partial charge in [0.15, 0.2) is 5.65 Å². The van der Waals surface area contributed by atoms with Crippen molar-refractivity contribution < 1.29 is 9.90 Å². The van der Waals surface area contributed by atoms with Crippen molar-refractivity contribution in [2.45, 2.75) is 32.2 Å². The van der Waals surface area contributed by atoms with E-state index in [4.69, 9.17) is 0 Å². The van der Waals surface area contributed by atoms with Crippen LogP contribution in [0.15, 0.2) is 12.4 Å². The molecule has 0 aliphatic heterocycles. The highest BCUT2D eigenvalue weighted by atomic mass is 16.4. The molecule has 0 spiro atoms. The summed E-state index contributed by atoms with van der Waals surface area (Å²) in [7, 11) is 1.80. The van der Waals surface area contributed by atoms with Gasteiger partial charge in [-0.2, -0.15) is 5.10 Å². The van der Waals surface area contributed by atoms with Crippen LogP contribution in [0.4, 0.5) is 5.69 Å². The van der Waals surface area contributed by atoms with E-state index in [1.54, 1.807) is 17.9 Å². The Hall–Kier alpha value is -2.11. The van der Waals surface area contributed by atoms with Crippen molar-refractivity contribution in [3.63, 3.8) is 0 Å². The lowest BCUT2D eigenvalue weighted by molar-refractivity contribution is 0.0697. The van der Waals surface area contributed by atoms with Crippen molar-refractivity contribution in [1.82, 2.24) is 14.8 Å². The molecule has 20 heavy (non-hydrogen) atoms. The summed E-state index contributed by atoms with van der Waals surface area (Å²) < 4.78 is 1.66. The quantitative estimate of drug-likeness (QED) is 0.897. The van der Waals surface area contributed by atoms with E-state index in [-0.39, 0.29) is 5.56 Å². The first kappa shape index (κ1) is 12.9. The molecule has 2 aromatic rings. The average Bonchev–Trinajstić information content (AvgIpc) is 2.97. The highest BCUT2D eigenvalue weighted by Crippen LogP contribution is 2.32. The predicted molar refractivity (Wildman–Crippen MR) is 75.9 cm³/mol. The third-order valence-corrected chi connectivity index (χ3v) is 4.18. The lowest BCUT2D eigenvalue weighted by Crippen LogP contribution is -2.23. The van der Waals surface area contributed by atoms with Crippen LogP contribution in [0.1, 0.15) is 36.5 Å². The van der Waals surface area contributed by atoms with Gasteiger partial charge in [0.25, 0.3) is 0 Å². The highest BCUT2D eigenvalue weighted by molar-refractivity contribution is 6.03. The molecule has 0 bridgehead atoms. The van der Waals surface area contributed by atoms with Gasteiger partial charge in [-0.15, -0.1) is 0 Å². The van der Waals surface area contributed by atoms with E-state index < -0.39 is 5.97 Å². The molecule has 1 aliphatic carbocycles. The molecular weight excluding hydrogens is 256 g/mol. The fourth-order valence-electron chi connectivity index (χ4n) is 2.96. The predicted octanol–water partition coefficient (Wildman–Crippen LogP) is 2.27. The third kappa shape index (κ3) is 2.01. The van der Waals surface area contributed by atoms with Gasteiger partial charge in [-0.1, -0.05) is 13.3 Å². The van der Waals surface area contributed by atoms with Gasteiger partial charge in [-0.25, -0.2) is 9.78 Å². The molecule has 0 amide bonds. The van der Waals surface area contributed by atoms with E-state index in [1.807, 2.05) is 0 Å². The van der Waals surface area contributed by atoms with E-state index >= 15 is 0 Å². The molecule has 3 rings (SSSR count). The zero-order valence-corrected chi connectivity index (χ0v) is 11.6. The summed E-state index contributed by atoms with van der Waals surface area (Å²) in [5.41, 5.74) is 1.56. The van der Waals surface area contributed by atoms with Gasteiger partial charge in [0, 0.05) is 19.3 Å². The van der Waals surface area contributed by atoms with Crippen molar-refractivity contribution in [2.75, 3.05) is 5.32 Å². The van der Waals surface area contributed by atoms with Crippen molar-refractivity contribution in [1.29, 1.82) is 0 Å². The second-order valence-electron chi connectivity index (χ2n) is 5.52. The standard InChI is InChI=1S/C14H18N4O2/c1-8-4-3-5-11(8)17-12-9-7-16-18(2)13(9)15-6-10(12)14(19)20/h6-8,11H,3-5H2,1-2H3,(H,15,17)(H,19,20). The molecule has 2 aromatic heterocycles. The Kier molecular flexibility index (Phi) is 3.08. The number of anilines is 1. The van der Waals surface area contributed by atoms with Crippen LogP contribution in [-0.2, 0) is 7.05 Å². The van der Waals surface area contributed by atoms with Gasteiger partial charge in [0.05, 0.1) is 17.3 Å². The molecule has 2 atom stereocenters. The van der Waals surface area contributed by atoms with Crippen molar-refractivity contribution in [3.05, 3.63) is 18.0 Å². The molecule has 1 fully saturated rings. The van der Waals surface area contributed by atoms with Gasteiger partial charge in [0.1, 0.15) is 5.56 Å². The largest absolute Gasteiger partial charge is 0.478 e. The van der Waals surface area contributed by atoms with Crippen LogP contribution in [0, 0.1) is 5.92 Å². The van der Waals surface area contributed by atoms with Crippen LogP contribution < -0.4 is 5.32 Å². The maximum absolute atomic E-state index is 11.4. The first-order chi connectivity index (χ1) is 9.58. The monoisotopic (exact) mass is 274 g/mol. The van der Waals surface area contributed by atoms with E-state index in [0.717, 1.165) is 11.8 Å². The summed E-state index contributed by atoms with van der Waals surface area (Å²) in [6.45, 7) is 2.20. The van der Waals surface area contributed by atoms with Gasteiger partial charge in [-0.05, 0) is 18.8 Å². The van der Waals surface area contributed by atoms with Gasteiger partial charge in [-0.3, -0.25) is 4.68 Å². The number of rotatable bonds is 3. The van der Waals surface area contributed by atoms with Gasteiger partial charge < -0.3 is 10.4 Å². The molecule has 1 aliphatic rings. The molecular formula is C14H18N4O2. The summed E-state index contributed by atoms with van der Waals surface area (Å²) in [6, 6.07) is 0.318. The zero-order valence-electron chi connectivity index (χ0n) is 11.6. The average molecular weight is 274 g/mol. The molecule has 0 radical (unpaired) electrons. The molecule has 0 aromatic carbocycles. The first-order valence-corrected chi connectivity index (χ1v) is 6.88. The molecule has 2 unspecified atom stereocenters.